The van der Waals surface area contributed by atoms with Gasteiger partial charge < -0.3 is 4.90 Å². The summed E-state index contributed by atoms with van der Waals surface area (Å²) in [6.07, 6.45) is 0. The van der Waals surface area contributed by atoms with E-state index >= 15 is 0 Å². The Morgan fingerprint density at radius 3 is 1.78 bits per heavy atom. The summed E-state index contributed by atoms with van der Waals surface area (Å²) in [5.41, 5.74) is 15.9. The van der Waals surface area contributed by atoms with Gasteiger partial charge in [-0.2, -0.15) is 0 Å². The van der Waals surface area contributed by atoms with Crippen LogP contribution in [-0.4, -0.2) is 0 Å². The van der Waals surface area contributed by atoms with Crippen LogP contribution in [0.1, 0.15) is 25.0 Å². The molecule has 1 nitrogen and oxygen atoms in total. The van der Waals surface area contributed by atoms with Crippen LogP contribution in [0.4, 0.5) is 17.1 Å². The van der Waals surface area contributed by atoms with Gasteiger partial charge in [-0.3, -0.25) is 0 Å². The largest absolute Gasteiger partial charge is 0.310 e. The molecule has 0 aliphatic heterocycles. The molecular weight excluding hydrogens is 651 g/mol. The van der Waals surface area contributed by atoms with E-state index in [0.717, 1.165) is 17.1 Å². The van der Waals surface area contributed by atoms with Crippen molar-refractivity contribution >= 4 is 38.6 Å². The first-order valence-electron chi connectivity index (χ1n) is 18.8. The molecule has 1 aliphatic rings. The summed E-state index contributed by atoms with van der Waals surface area (Å²) in [5.74, 6) is 0. The summed E-state index contributed by atoms with van der Waals surface area (Å²) in [7, 11) is 0. The normalized spacial score (nSPS) is 12.8. The van der Waals surface area contributed by atoms with Crippen molar-refractivity contribution in [2.24, 2.45) is 0 Å². The van der Waals surface area contributed by atoms with E-state index < -0.39 is 0 Å². The predicted octanol–water partition coefficient (Wildman–Crippen LogP) is 14.8. The van der Waals surface area contributed by atoms with Gasteiger partial charge >= 0.3 is 0 Å². The average molecular weight is 690 g/mol. The highest BCUT2D eigenvalue weighted by Crippen LogP contribution is 2.52. The zero-order valence-corrected chi connectivity index (χ0v) is 30.5. The molecule has 0 fully saturated rings. The average Bonchev–Trinajstić information content (AvgIpc) is 3.46. The Labute approximate surface area is 317 Å². The summed E-state index contributed by atoms with van der Waals surface area (Å²) < 4.78 is 0. The second kappa shape index (κ2) is 12.8. The Bertz CT molecular complexity index is 2840. The molecule has 0 amide bonds. The first-order chi connectivity index (χ1) is 26.5. The Kier molecular flexibility index (Phi) is 7.56. The van der Waals surface area contributed by atoms with Crippen molar-refractivity contribution in [2.45, 2.75) is 19.3 Å². The number of nitrogens with zero attached hydrogens (tertiary/aromatic N) is 1. The SMILES string of the molecule is CC1(C)c2ccccc2-c2ccc(N(c3ccc(-c4ccc5ccccc5c4)cc3)c3ccc(-c4ccccc4)cc3-c3cccc4ccccc34)cc21. The fourth-order valence-corrected chi connectivity index (χ4v) is 8.65. The van der Waals surface area contributed by atoms with Crippen LogP contribution in [-0.2, 0) is 5.41 Å². The molecule has 256 valence electrons. The van der Waals surface area contributed by atoms with Crippen molar-refractivity contribution in [2.75, 3.05) is 4.90 Å². The second-order valence-corrected chi connectivity index (χ2v) is 15.0. The maximum absolute atomic E-state index is 2.47. The molecule has 9 aromatic carbocycles. The summed E-state index contributed by atoms with van der Waals surface area (Å²) in [6, 6.07) is 73.5. The molecule has 1 heteroatoms. The minimum absolute atomic E-state index is 0.122. The van der Waals surface area contributed by atoms with E-state index in [4.69, 9.17) is 0 Å². The number of anilines is 3. The third-order valence-corrected chi connectivity index (χ3v) is 11.5. The molecule has 0 unspecified atom stereocenters. The molecule has 0 heterocycles. The van der Waals surface area contributed by atoms with Crippen LogP contribution >= 0.6 is 0 Å². The summed E-state index contributed by atoms with van der Waals surface area (Å²) in [4.78, 5) is 2.47. The number of hydrogen-bond donors (Lipinski definition) is 0. The molecule has 0 N–H and O–H groups in total. The molecular formula is C53H39N. The molecule has 0 saturated heterocycles. The summed E-state index contributed by atoms with van der Waals surface area (Å²) in [6.45, 7) is 4.72. The van der Waals surface area contributed by atoms with Crippen LogP contribution in [0.2, 0.25) is 0 Å². The van der Waals surface area contributed by atoms with Gasteiger partial charge in [0.15, 0.2) is 0 Å². The van der Waals surface area contributed by atoms with E-state index in [1.54, 1.807) is 0 Å². The van der Waals surface area contributed by atoms with Crippen molar-refractivity contribution < 1.29 is 0 Å². The second-order valence-electron chi connectivity index (χ2n) is 15.0. The van der Waals surface area contributed by atoms with Crippen LogP contribution < -0.4 is 4.90 Å². The minimum atomic E-state index is -0.122. The first-order valence-corrected chi connectivity index (χ1v) is 18.8. The zero-order chi connectivity index (χ0) is 36.2. The van der Waals surface area contributed by atoms with Gasteiger partial charge in [0.25, 0.3) is 0 Å². The predicted molar refractivity (Wildman–Crippen MR) is 230 cm³/mol. The lowest BCUT2D eigenvalue weighted by Crippen LogP contribution is -2.17. The Balaban J connectivity index is 1.20. The van der Waals surface area contributed by atoms with Crippen molar-refractivity contribution in [3.63, 3.8) is 0 Å². The van der Waals surface area contributed by atoms with Gasteiger partial charge in [0.05, 0.1) is 5.69 Å². The number of hydrogen-bond acceptors (Lipinski definition) is 1. The monoisotopic (exact) mass is 689 g/mol. The van der Waals surface area contributed by atoms with Crippen LogP contribution in [0, 0.1) is 0 Å². The van der Waals surface area contributed by atoms with E-state index in [2.05, 4.69) is 219 Å². The van der Waals surface area contributed by atoms with E-state index in [9.17, 15) is 0 Å². The Morgan fingerprint density at radius 1 is 0.333 bits per heavy atom. The van der Waals surface area contributed by atoms with Crippen LogP contribution in [0.25, 0.3) is 66.1 Å². The zero-order valence-electron chi connectivity index (χ0n) is 30.5. The summed E-state index contributed by atoms with van der Waals surface area (Å²) >= 11 is 0. The van der Waals surface area contributed by atoms with E-state index in [1.807, 2.05) is 0 Å². The van der Waals surface area contributed by atoms with Gasteiger partial charge in [0.1, 0.15) is 0 Å². The third kappa shape index (κ3) is 5.32. The minimum Gasteiger partial charge on any atom is -0.310 e. The van der Waals surface area contributed by atoms with Crippen molar-refractivity contribution in [1.29, 1.82) is 0 Å². The first kappa shape index (κ1) is 32.0. The molecule has 0 aromatic heterocycles. The molecule has 10 rings (SSSR count). The molecule has 9 aromatic rings. The lowest BCUT2D eigenvalue weighted by atomic mass is 9.82. The van der Waals surface area contributed by atoms with Gasteiger partial charge in [0, 0.05) is 22.4 Å². The van der Waals surface area contributed by atoms with E-state index in [0.29, 0.717) is 0 Å². The molecule has 0 atom stereocenters. The molecule has 0 radical (unpaired) electrons. The van der Waals surface area contributed by atoms with Gasteiger partial charge in [-0.05, 0) is 114 Å². The standard InChI is InChI=1S/C53H39N/c1-53(2)50-22-11-10-20-47(50)48-31-30-44(35-51(48)53)54(43-28-25-38(26-29-43)41-24-23-37-15-6-7-17-40(37)33-41)52-32-27-42(36-13-4-3-5-14-36)34-49(52)46-21-12-18-39-16-8-9-19-45(39)46/h3-35H,1-2H3. The quantitative estimate of drug-likeness (QED) is 0.168. The van der Waals surface area contributed by atoms with E-state index in [1.165, 1.54) is 77.2 Å². The van der Waals surface area contributed by atoms with Crippen molar-refractivity contribution in [1.82, 2.24) is 0 Å². The van der Waals surface area contributed by atoms with Crippen LogP contribution in [0.5, 0.6) is 0 Å². The highest BCUT2D eigenvalue weighted by molar-refractivity contribution is 6.02. The van der Waals surface area contributed by atoms with Gasteiger partial charge in [-0.1, -0.05) is 172 Å². The number of fused-ring (bicyclic) bond motifs is 5. The molecule has 1 aliphatic carbocycles. The molecule has 0 bridgehead atoms. The lowest BCUT2D eigenvalue weighted by Gasteiger charge is -2.30. The fraction of sp³-hybridized carbons (Fsp3) is 0.0566. The fourth-order valence-electron chi connectivity index (χ4n) is 8.65. The maximum Gasteiger partial charge on any atom is 0.0540 e. The lowest BCUT2D eigenvalue weighted by molar-refractivity contribution is 0.660. The number of rotatable bonds is 6. The Hall–Kier alpha value is -6.70. The van der Waals surface area contributed by atoms with Gasteiger partial charge in [-0.25, -0.2) is 0 Å². The van der Waals surface area contributed by atoms with Crippen molar-refractivity contribution in [3.05, 3.63) is 211 Å². The molecule has 54 heavy (non-hydrogen) atoms. The number of benzene rings is 9. The highest BCUT2D eigenvalue weighted by atomic mass is 15.1. The smallest absolute Gasteiger partial charge is 0.0540 e. The van der Waals surface area contributed by atoms with Gasteiger partial charge in [-0.15, -0.1) is 0 Å². The van der Waals surface area contributed by atoms with E-state index in [-0.39, 0.29) is 5.41 Å². The van der Waals surface area contributed by atoms with Crippen LogP contribution in [0.3, 0.4) is 0 Å². The maximum atomic E-state index is 2.47. The van der Waals surface area contributed by atoms with Crippen molar-refractivity contribution in [3.8, 4) is 44.5 Å². The van der Waals surface area contributed by atoms with Crippen LogP contribution in [0.15, 0.2) is 200 Å². The molecule has 0 spiro atoms. The highest BCUT2D eigenvalue weighted by Gasteiger charge is 2.36. The Morgan fingerprint density at radius 2 is 0.926 bits per heavy atom. The molecule has 0 saturated carbocycles. The topological polar surface area (TPSA) is 3.24 Å². The third-order valence-electron chi connectivity index (χ3n) is 11.5. The summed E-state index contributed by atoms with van der Waals surface area (Å²) in [5, 5.41) is 4.98. The van der Waals surface area contributed by atoms with Gasteiger partial charge in [0.2, 0.25) is 0 Å².